The fourth-order valence-corrected chi connectivity index (χ4v) is 8.40. The molecule has 0 radical (unpaired) electrons. The highest BCUT2D eigenvalue weighted by molar-refractivity contribution is 4.61. The Bertz CT molecular complexity index is 562. The van der Waals surface area contributed by atoms with E-state index in [0.29, 0.717) is 0 Å². The molecule has 0 aliphatic rings. The zero-order valence-electron chi connectivity index (χ0n) is 37.6. The van der Waals surface area contributed by atoms with Gasteiger partial charge in [-0.1, -0.05) is 285 Å². The van der Waals surface area contributed by atoms with Crippen molar-refractivity contribution in [2.75, 3.05) is 19.6 Å². The van der Waals surface area contributed by atoms with Gasteiger partial charge >= 0.3 is 0 Å². The first-order valence-electron chi connectivity index (χ1n) is 25.4. The fourth-order valence-electron chi connectivity index (χ4n) is 8.40. The van der Waals surface area contributed by atoms with Crippen molar-refractivity contribution in [3.8, 4) is 0 Å². The van der Waals surface area contributed by atoms with Crippen molar-refractivity contribution < 1.29 is 0 Å². The van der Waals surface area contributed by atoms with Crippen LogP contribution in [0.4, 0.5) is 0 Å². The van der Waals surface area contributed by atoms with Gasteiger partial charge in [0, 0.05) is 0 Å². The van der Waals surface area contributed by atoms with Crippen LogP contribution in [0.25, 0.3) is 0 Å². The minimum absolute atomic E-state index is 0.888. The smallest absolute Gasteiger partial charge is 0.00187 e. The fraction of sp³-hybridized carbons (Fsp3) is 1.00. The van der Waals surface area contributed by atoms with Gasteiger partial charge in [-0.05, 0) is 44.8 Å². The van der Waals surface area contributed by atoms with Crippen LogP contribution in [0.15, 0.2) is 0 Å². The molecule has 1 nitrogen and oxygen atoms in total. The molecule has 1 heteroatoms. The van der Waals surface area contributed by atoms with Crippen molar-refractivity contribution in [1.82, 2.24) is 4.90 Å². The van der Waals surface area contributed by atoms with Crippen LogP contribution < -0.4 is 0 Å². The lowest BCUT2D eigenvalue weighted by atomic mass is 10.0. The minimum atomic E-state index is 0.888. The maximum atomic E-state index is 2.88. The summed E-state index contributed by atoms with van der Waals surface area (Å²) in [4.78, 5) is 2.88. The lowest BCUT2D eigenvalue weighted by molar-refractivity contribution is 0.254. The van der Waals surface area contributed by atoms with Crippen LogP contribution in [0.1, 0.15) is 304 Å². The zero-order chi connectivity index (χ0) is 37.7. The van der Waals surface area contributed by atoms with E-state index < -0.39 is 0 Å². The molecule has 0 heterocycles. The van der Waals surface area contributed by atoms with Crippen LogP contribution in [0, 0.1) is 5.92 Å². The highest BCUT2D eigenvalue weighted by Crippen LogP contribution is 2.17. The average Bonchev–Trinajstić information content (AvgIpc) is 3.14. The molecule has 52 heavy (non-hydrogen) atoms. The van der Waals surface area contributed by atoms with Gasteiger partial charge in [-0.25, -0.2) is 0 Å². The molecule has 0 rings (SSSR count). The van der Waals surface area contributed by atoms with Crippen LogP contribution in [0.5, 0.6) is 0 Å². The number of hydrogen-bond donors (Lipinski definition) is 0. The molecule has 0 fully saturated rings. The van der Waals surface area contributed by atoms with E-state index in [2.05, 4.69) is 32.6 Å². The molecule has 0 N–H and O–H groups in total. The van der Waals surface area contributed by atoms with Gasteiger partial charge < -0.3 is 4.90 Å². The zero-order valence-corrected chi connectivity index (χ0v) is 37.6. The van der Waals surface area contributed by atoms with E-state index in [4.69, 9.17) is 0 Å². The van der Waals surface area contributed by atoms with Crippen LogP contribution >= 0.6 is 0 Å². The maximum absolute atomic E-state index is 2.88. The summed E-state index contributed by atoms with van der Waals surface area (Å²) in [6, 6.07) is 0. The molecule has 0 unspecified atom stereocenters. The minimum Gasteiger partial charge on any atom is -0.303 e. The summed E-state index contributed by atoms with van der Waals surface area (Å²) in [7, 11) is 0. The largest absolute Gasteiger partial charge is 0.303 e. The second-order valence-corrected chi connectivity index (χ2v) is 18.2. The summed E-state index contributed by atoms with van der Waals surface area (Å²) < 4.78 is 0. The molecule has 0 bridgehead atoms. The second-order valence-electron chi connectivity index (χ2n) is 18.2. The van der Waals surface area contributed by atoms with Crippen molar-refractivity contribution >= 4 is 0 Å². The van der Waals surface area contributed by atoms with Gasteiger partial charge in [0.1, 0.15) is 0 Å². The Morgan fingerprint density at radius 3 is 0.596 bits per heavy atom. The van der Waals surface area contributed by atoms with Gasteiger partial charge in [0.15, 0.2) is 0 Å². The Morgan fingerprint density at radius 2 is 0.404 bits per heavy atom. The molecule has 0 saturated carbocycles. The molecular weight excluding hydrogens is 627 g/mol. The Balaban J connectivity index is 3.93. The normalized spacial score (nSPS) is 11.9. The van der Waals surface area contributed by atoms with Crippen molar-refractivity contribution in [2.24, 2.45) is 5.92 Å². The van der Waals surface area contributed by atoms with E-state index >= 15 is 0 Å². The molecule has 0 aliphatic heterocycles. The van der Waals surface area contributed by atoms with Crippen LogP contribution in [0.2, 0.25) is 0 Å². The van der Waals surface area contributed by atoms with E-state index in [-0.39, 0.29) is 0 Å². The maximum Gasteiger partial charge on any atom is -0.00187 e. The molecule has 0 atom stereocenters. The summed E-state index contributed by atoms with van der Waals surface area (Å²) >= 11 is 0. The molecule has 0 aromatic rings. The summed E-state index contributed by atoms with van der Waals surface area (Å²) in [6.07, 6.45) is 63.1. The summed E-state index contributed by atoms with van der Waals surface area (Å²) in [5, 5.41) is 0. The van der Waals surface area contributed by atoms with E-state index in [1.807, 2.05) is 0 Å². The molecule has 0 aromatic heterocycles. The van der Waals surface area contributed by atoms with Crippen LogP contribution in [0.3, 0.4) is 0 Å². The van der Waals surface area contributed by atoms with E-state index in [9.17, 15) is 0 Å². The third-order valence-electron chi connectivity index (χ3n) is 12.2. The predicted octanol–water partition coefficient (Wildman–Crippen LogP) is 18.8. The van der Waals surface area contributed by atoms with Gasteiger partial charge in [-0.2, -0.15) is 0 Å². The highest BCUT2D eigenvalue weighted by atomic mass is 15.1. The van der Waals surface area contributed by atoms with Gasteiger partial charge in [0.25, 0.3) is 0 Å². The Hall–Kier alpha value is -0.0400. The van der Waals surface area contributed by atoms with Gasteiger partial charge in [0.05, 0.1) is 0 Å². The molecule has 314 valence electrons. The summed E-state index contributed by atoms with van der Waals surface area (Å²) in [5.41, 5.74) is 0. The van der Waals surface area contributed by atoms with Crippen LogP contribution in [-0.2, 0) is 0 Å². The third kappa shape index (κ3) is 46.1. The first kappa shape index (κ1) is 52.0. The molecule has 0 aliphatic carbocycles. The summed E-state index contributed by atoms with van der Waals surface area (Å²) in [5.74, 6) is 0.888. The highest BCUT2D eigenvalue weighted by Gasteiger charge is 2.06. The third-order valence-corrected chi connectivity index (χ3v) is 12.2. The lowest BCUT2D eigenvalue weighted by Crippen LogP contribution is -2.27. The van der Waals surface area contributed by atoms with Crippen molar-refractivity contribution in [2.45, 2.75) is 304 Å². The monoisotopic (exact) mass is 732 g/mol. The second kappa shape index (κ2) is 47.1. The Morgan fingerprint density at radius 1 is 0.231 bits per heavy atom. The summed E-state index contributed by atoms with van der Waals surface area (Å²) in [6.45, 7) is 13.5. The topological polar surface area (TPSA) is 3.24 Å². The van der Waals surface area contributed by atoms with Gasteiger partial charge in [-0.3, -0.25) is 0 Å². The number of unbranched alkanes of at least 4 members (excludes halogenated alkanes) is 39. The first-order valence-corrected chi connectivity index (χ1v) is 25.4. The quantitative estimate of drug-likeness (QED) is 0.0563. The van der Waals surface area contributed by atoms with E-state index in [1.54, 1.807) is 0 Å². The lowest BCUT2D eigenvalue weighted by Gasteiger charge is -2.22. The van der Waals surface area contributed by atoms with Gasteiger partial charge in [0.2, 0.25) is 0 Å². The number of nitrogens with zero attached hydrogens (tertiary/aromatic N) is 1. The molecule has 0 spiro atoms. The SMILES string of the molecule is CCCCCCCCCCCCCCCCCCN(CCCCCCCCCCCCCCCCCC)CCCCCCCCCCCCC(C)C. The Kier molecular flexibility index (Phi) is 47.1. The van der Waals surface area contributed by atoms with E-state index in [0.717, 1.165) is 5.92 Å². The Labute approximate surface area is 333 Å². The standard InChI is InChI=1S/C51H105N/c1-5-7-9-11-13-15-17-19-21-23-25-28-32-36-40-44-48-52(50-46-42-38-34-30-27-31-35-39-43-47-51(3)4)49-45-41-37-33-29-26-24-22-20-18-16-14-12-10-8-6-2/h51H,5-50H2,1-4H3. The van der Waals surface area contributed by atoms with Crippen molar-refractivity contribution in [3.63, 3.8) is 0 Å². The average molecular weight is 732 g/mol. The first-order chi connectivity index (χ1) is 25.7. The van der Waals surface area contributed by atoms with Crippen molar-refractivity contribution in [3.05, 3.63) is 0 Å². The predicted molar refractivity (Wildman–Crippen MR) is 241 cm³/mol. The van der Waals surface area contributed by atoms with E-state index in [1.165, 1.54) is 296 Å². The molecule has 0 aromatic carbocycles. The number of hydrogen-bond acceptors (Lipinski definition) is 1. The van der Waals surface area contributed by atoms with Crippen LogP contribution in [-0.4, -0.2) is 24.5 Å². The van der Waals surface area contributed by atoms with Crippen molar-refractivity contribution in [1.29, 1.82) is 0 Å². The molecule has 0 saturated heterocycles. The van der Waals surface area contributed by atoms with Gasteiger partial charge in [-0.15, -0.1) is 0 Å². The molecular formula is C51H105N. The number of rotatable bonds is 47. The molecule has 0 amide bonds.